The topological polar surface area (TPSA) is 98.2 Å². The van der Waals surface area contributed by atoms with Crippen LogP contribution in [0.1, 0.15) is 5.89 Å². The van der Waals surface area contributed by atoms with E-state index in [1.54, 1.807) is 46.5 Å². The maximum Gasteiger partial charge on any atom is 0.471 e. The third kappa shape index (κ3) is 3.54. The van der Waals surface area contributed by atoms with E-state index in [0.29, 0.717) is 16.9 Å². The molecule has 0 aliphatic carbocycles. The normalized spacial score (nSPS) is 11.7. The first-order valence-corrected chi connectivity index (χ1v) is 7.99. The number of imidazole rings is 1. The summed E-state index contributed by atoms with van der Waals surface area (Å²) >= 11 is 0. The van der Waals surface area contributed by atoms with Gasteiger partial charge in [-0.15, -0.1) is 0 Å². The van der Waals surface area contributed by atoms with Gasteiger partial charge in [-0.3, -0.25) is 4.79 Å². The molecule has 142 valence electrons. The Bertz CT molecular complexity index is 1120. The molecule has 11 heteroatoms. The number of hydrogen-bond donors (Lipinski definition) is 1. The lowest BCUT2D eigenvalue weighted by Gasteiger charge is -2.04. The number of nitrogens with zero attached hydrogens (tertiary/aromatic N) is 5. The van der Waals surface area contributed by atoms with Gasteiger partial charge in [0.1, 0.15) is 0 Å². The van der Waals surface area contributed by atoms with Crippen molar-refractivity contribution < 1.29 is 22.5 Å². The zero-order chi connectivity index (χ0) is 19.7. The Kier molecular flexibility index (Phi) is 4.26. The van der Waals surface area contributed by atoms with Crippen LogP contribution in [0.4, 0.5) is 13.2 Å². The van der Waals surface area contributed by atoms with E-state index in [9.17, 15) is 18.0 Å². The highest BCUT2D eigenvalue weighted by molar-refractivity contribution is 5.81. The molecule has 3 aromatic heterocycles. The Labute approximate surface area is 155 Å². The summed E-state index contributed by atoms with van der Waals surface area (Å²) < 4.78 is 43.2. The summed E-state index contributed by atoms with van der Waals surface area (Å²) in [5, 5.41) is 9.59. The molecule has 8 nitrogen and oxygen atoms in total. The zero-order valence-corrected chi connectivity index (χ0v) is 14.0. The fraction of sp³-hybridized carbons (Fsp3) is 0.118. The van der Waals surface area contributed by atoms with Crippen molar-refractivity contribution in [2.75, 3.05) is 0 Å². The second kappa shape index (κ2) is 6.76. The van der Waals surface area contributed by atoms with Crippen LogP contribution in [0, 0.1) is 0 Å². The van der Waals surface area contributed by atoms with Crippen LogP contribution in [0.25, 0.3) is 28.3 Å². The van der Waals surface area contributed by atoms with E-state index in [-0.39, 0.29) is 11.7 Å². The van der Waals surface area contributed by atoms with Crippen molar-refractivity contribution in [2.45, 2.75) is 12.7 Å². The minimum absolute atomic E-state index is 0.144. The number of benzene rings is 1. The Morgan fingerprint density at radius 1 is 1.14 bits per heavy atom. The minimum atomic E-state index is -4.97. The van der Waals surface area contributed by atoms with Crippen LogP contribution in [0.3, 0.4) is 0 Å². The maximum absolute atomic E-state index is 12.2. The lowest BCUT2D eigenvalue weighted by Crippen LogP contribution is -2.36. The number of rotatable bonds is 4. The van der Waals surface area contributed by atoms with Gasteiger partial charge in [0.2, 0.25) is 11.7 Å². The van der Waals surface area contributed by atoms with Crippen molar-refractivity contribution in [3.63, 3.8) is 0 Å². The van der Waals surface area contributed by atoms with Crippen molar-refractivity contribution >= 4 is 11.6 Å². The molecule has 0 aliphatic heterocycles. The van der Waals surface area contributed by atoms with Crippen LogP contribution in [-0.2, 0) is 11.3 Å². The van der Waals surface area contributed by atoms with Crippen LogP contribution in [0.5, 0.6) is 0 Å². The Morgan fingerprint density at radius 2 is 1.96 bits per heavy atom. The number of halogens is 3. The van der Waals surface area contributed by atoms with Crippen LogP contribution >= 0.6 is 0 Å². The average Bonchev–Trinajstić information content (AvgIpc) is 3.32. The first kappa shape index (κ1) is 17.6. The van der Waals surface area contributed by atoms with Crippen LogP contribution < -0.4 is 5.32 Å². The van der Waals surface area contributed by atoms with Gasteiger partial charge in [-0.2, -0.15) is 23.3 Å². The summed E-state index contributed by atoms with van der Waals surface area (Å²) in [5.74, 6) is -2.04. The quantitative estimate of drug-likeness (QED) is 0.577. The number of carbonyl (C=O) groups is 1. The van der Waals surface area contributed by atoms with Gasteiger partial charge in [0.05, 0.1) is 18.4 Å². The lowest BCUT2D eigenvalue weighted by atomic mass is 10.1. The fourth-order valence-electron chi connectivity index (χ4n) is 2.49. The van der Waals surface area contributed by atoms with Crippen molar-refractivity contribution in [3.05, 3.63) is 54.7 Å². The van der Waals surface area contributed by atoms with E-state index >= 15 is 0 Å². The molecule has 0 saturated heterocycles. The smallest absolute Gasteiger partial charge is 0.339 e. The molecule has 0 fully saturated rings. The minimum Gasteiger partial charge on any atom is -0.339 e. The van der Waals surface area contributed by atoms with Gasteiger partial charge in [-0.25, -0.2) is 9.50 Å². The van der Waals surface area contributed by atoms with Crippen molar-refractivity contribution in [3.8, 4) is 22.6 Å². The van der Waals surface area contributed by atoms with E-state index in [2.05, 4.69) is 20.2 Å². The first-order valence-electron chi connectivity index (χ1n) is 7.99. The number of carbonyl (C=O) groups excluding carboxylic acids is 1. The largest absolute Gasteiger partial charge is 0.471 e. The molecule has 28 heavy (non-hydrogen) atoms. The Hall–Kier alpha value is -3.76. The molecule has 0 saturated carbocycles. The summed E-state index contributed by atoms with van der Waals surface area (Å²) in [5.41, 5.74) is 2.73. The van der Waals surface area contributed by atoms with Crippen LogP contribution in [0.15, 0.2) is 53.3 Å². The van der Waals surface area contributed by atoms with Crippen LogP contribution in [-0.4, -0.2) is 36.8 Å². The van der Waals surface area contributed by atoms with Crippen molar-refractivity contribution in [2.24, 2.45) is 0 Å². The predicted octanol–water partition coefficient (Wildman–Crippen LogP) is 2.62. The molecule has 0 spiro atoms. The summed E-state index contributed by atoms with van der Waals surface area (Å²) in [6, 6.07) is 10.7. The number of fused-ring (bicyclic) bond motifs is 1. The molecule has 0 bridgehead atoms. The SMILES string of the molecule is O=C(NCc1nc(-c2cccc(-c3cn4ncccc4n3)c2)no1)C(F)(F)F. The standard InChI is InChI=1S/C17H11F3N6O2/c18-17(19,20)16(27)21-8-14-24-15(25-28-14)11-4-1-3-10(7-11)12-9-26-13(23-12)5-2-6-22-26/h1-7,9H,8H2,(H,21,27). The molecule has 0 unspecified atom stereocenters. The molecule has 0 atom stereocenters. The van der Waals surface area contributed by atoms with Crippen LogP contribution in [0.2, 0.25) is 0 Å². The van der Waals surface area contributed by atoms with E-state index < -0.39 is 18.6 Å². The molecule has 0 radical (unpaired) electrons. The van der Waals surface area contributed by atoms with Gasteiger partial charge in [-0.05, 0) is 18.2 Å². The maximum atomic E-state index is 12.2. The van der Waals surface area contributed by atoms with E-state index in [4.69, 9.17) is 4.52 Å². The number of alkyl halides is 3. The summed E-state index contributed by atoms with van der Waals surface area (Å²) in [6.07, 6.45) is -1.56. The molecular formula is C17H11F3N6O2. The van der Waals surface area contributed by atoms with E-state index in [0.717, 1.165) is 5.56 Å². The van der Waals surface area contributed by atoms with Gasteiger partial charge in [0, 0.05) is 17.3 Å². The highest BCUT2D eigenvalue weighted by atomic mass is 19.4. The van der Waals surface area contributed by atoms with Gasteiger partial charge in [-0.1, -0.05) is 23.4 Å². The Morgan fingerprint density at radius 3 is 2.75 bits per heavy atom. The first-order chi connectivity index (χ1) is 13.4. The number of amides is 1. The van der Waals surface area contributed by atoms with Crippen molar-refractivity contribution in [1.82, 2.24) is 30.1 Å². The number of hydrogen-bond acceptors (Lipinski definition) is 6. The van der Waals surface area contributed by atoms with Gasteiger partial charge in [0.15, 0.2) is 5.65 Å². The molecule has 3 heterocycles. The molecule has 4 aromatic rings. The summed E-state index contributed by atoms with van der Waals surface area (Å²) in [6.45, 7) is -0.525. The summed E-state index contributed by atoms with van der Waals surface area (Å²) in [7, 11) is 0. The lowest BCUT2D eigenvalue weighted by molar-refractivity contribution is -0.173. The second-order valence-electron chi connectivity index (χ2n) is 5.73. The van der Waals surface area contributed by atoms with Gasteiger partial charge >= 0.3 is 12.1 Å². The summed E-state index contributed by atoms with van der Waals surface area (Å²) in [4.78, 5) is 19.3. The molecule has 0 aliphatic rings. The molecular weight excluding hydrogens is 377 g/mol. The highest BCUT2D eigenvalue weighted by Crippen LogP contribution is 2.24. The zero-order valence-electron chi connectivity index (χ0n) is 14.0. The predicted molar refractivity (Wildman–Crippen MR) is 89.6 cm³/mol. The molecule has 1 N–H and O–H groups in total. The average molecular weight is 388 g/mol. The van der Waals surface area contributed by atoms with Gasteiger partial charge < -0.3 is 9.84 Å². The second-order valence-corrected chi connectivity index (χ2v) is 5.73. The third-order valence-electron chi connectivity index (χ3n) is 3.78. The van der Waals surface area contributed by atoms with Gasteiger partial charge in [0.25, 0.3) is 0 Å². The third-order valence-corrected chi connectivity index (χ3v) is 3.78. The highest BCUT2D eigenvalue weighted by Gasteiger charge is 2.38. The Balaban J connectivity index is 1.55. The van der Waals surface area contributed by atoms with Crippen molar-refractivity contribution in [1.29, 1.82) is 0 Å². The number of nitrogens with one attached hydrogen (secondary N) is 1. The van der Waals surface area contributed by atoms with E-state index in [1.165, 1.54) is 0 Å². The molecule has 4 rings (SSSR count). The molecule has 1 aromatic carbocycles. The monoisotopic (exact) mass is 388 g/mol. The number of aromatic nitrogens is 5. The fourth-order valence-corrected chi connectivity index (χ4v) is 2.49. The molecule has 1 amide bonds. The van der Waals surface area contributed by atoms with E-state index in [1.807, 2.05) is 12.1 Å².